The topological polar surface area (TPSA) is 62.3 Å². The van der Waals surface area contributed by atoms with E-state index >= 15 is 0 Å². The number of carbonyl (C=O) groups is 2. The van der Waals surface area contributed by atoms with Gasteiger partial charge in [0.05, 0.1) is 5.01 Å². The van der Waals surface area contributed by atoms with Gasteiger partial charge in [-0.05, 0) is 54.0 Å². The van der Waals surface area contributed by atoms with Gasteiger partial charge >= 0.3 is 0 Å². The van der Waals surface area contributed by atoms with Crippen LogP contribution in [0.25, 0.3) is 0 Å². The van der Waals surface area contributed by atoms with E-state index in [4.69, 9.17) is 11.6 Å². The van der Waals surface area contributed by atoms with Crippen LogP contribution in [0.5, 0.6) is 0 Å². The molecule has 0 radical (unpaired) electrons. The van der Waals surface area contributed by atoms with Gasteiger partial charge in [-0.25, -0.2) is 4.98 Å². The Morgan fingerprint density at radius 3 is 2.46 bits per heavy atom. The number of benzene rings is 2. The van der Waals surface area contributed by atoms with E-state index < -0.39 is 0 Å². The van der Waals surface area contributed by atoms with Crippen LogP contribution < -0.4 is 5.32 Å². The second-order valence-electron chi connectivity index (χ2n) is 10.1. The minimum atomic E-state index is -0.181. The normalized spacial score (nSPS) is 14.7. The van der Waals surface area contributed by atoms with E-state index in [0.29, 0.717) is 17.1 Å². The van der Waals surface area contributed by atoms with Gasteiger partial charge in [-0.2, -0.15) is 0 Å². The zero-order valence-electron chi connectivity index (χ0n) is 20.5. The van der Waals surface area contributed by atoms with E-state index in [0.717, 1.165) is 54.2 Å². The Labute approximate surface area is 216 Å². The number of aromatic nitrogens is 1. The number of halogens is 1. The van der Waals surface area contributed by atoms with Crippen LogP contribution >= 0.6 is 22.9 Å². The van der Waals surface area contributed by atoms with E-state index in [1.807, 2.05) is 58.8 Å². The van der Waals surface area contributed by atoms with Gasteiger partial charge in [-0.1, -0.05) is 62.7 Å². The molecule has 1 aliphatic heterocycles. The molecule has 0 spiro atoms. The van der Waals surface area contributed by atoms with Crippen molar-refractivity contribution in [1.82, 2.24) is 9.88 Å². The van der Waals surface area contributed by atoms with Crippen LogP contribution in [0.15, 0.2) is 53.9 Å². The quantitative estimate of drug-likeness (QED) is 0.403. The molecule has 1 saturated heterocycles. The summed E-state index contributed by atoms with van der Waals surface area (Å²) in [6.45, 7) is 7.85. The van der Waals surface area contributed by atoms with Gasteiger partial charge < -0.3 is 10.2 Å². The van der Waals surface area contributed by atoms with E-state index in [2.05, 4.69) is 31.1 Å². The number of likely N-dealkylation sites (tertiary alicyclic amines) is 1. The molecule has 0 unspecified atom stereocenters. The van der Waals surface area contributed by atoms with Crippen LogP contribution in [0.3, 0.4) is 0 Å². The Morgan fingerprint density at radius 2 is 1.77 bits per heavy atom. The summed E-state index contributed by atoms with van der Waals surface area (Å²) < 4.78 is 0. The van der Waals surface area contributed by atoms with Gasteiger partial charge in [0.15, 0.2) is 0 Å². The summed E-state index contributed by atoms with van der Waals surface area (Å²) >= 11 is 7.47. The molecule has 35 heavy (non-hydrogen) atoms. The predicted molar refractivity (Wildman–Crippen MR) is 144 cm³/mol. The number of aryl methyl sites for hydroxylation is 1. The molecule has 5 nitrogen and oxygen atoms in total. The Hall–Kier alpha value is -2.70. The molecule has 2 heterocycles. The average Bonchev–Trinajstić information content (AvgIpc) is 3.34. The molecular formula is C28H32ClN3O2S. The van der Waals surface area contributed by atoms with Crippen molar-refractivity contribution in [3.05, 3.63) is 80.8 Å². The molecule has 3 aromatic rings. The lowest BCUT2D eigenvalue weighted by molar-refractivity contribution is -0.132. The number of carbonyl (C=O) groups excluding carboxylic acids is 2. The summed E-state index contributed by atoms with van der Waals surface area (Å²) in [6, 6.07) is 15.6. The molecule has 0 aliphatic carbocycles. The standard InChI is InChI=1S/C28H32ClN3O2S/c1-28(2,3)22-6-4-5-7-23(22)30-26(34)24-18-35-27(31-24)20-14-16-32(17-15-20)25(33)13-10-19-8-11-21(29)12-9-19/h4-9,11-12,18,20H,10,13-17H2,1-3H3,(H,30,34). The zero-order chi connectivity index (χ0) is 25.0. The van der Waals surface area contributed by atoms with Crippen molar-refractivity contribution in [3.8, 4) is 0 Å². The maximum atomic E-state index is 12.9. The molecule has 7 heteroatoms. The first-order valence-electron chi connectivity index (χ1n) is 12.1. The molecule has 1 fully saturated rings. The highest BCUT2D eigenvalue weighted by molar-refractivity contribution is 7.10. The number of thiazole rings is 1. The predicted octanol–water partition coefficient (Wildman–Crippen LogP) is 6.69. The Bertz CT molecular complexity index is 1180. The van der Waals surface area contributed by atoms with Gasteiger partial charge in [0, 0.05) is 41.5 Å². The Kier molecular flexibility index (Phi) is 7.92. The number of hydrogen-bond acceptors (Lipinski definition) is 4. The van der Waals surface area contributed by atoms with Crippen LogP contribution in [0.4, 0.5) is 5.69 Å². The van der Waals surface area contributed by atoms with Crippen LogP contribution in [0.1, 0.15) is 72.6 Å². The highest BCUT2D eigenvalue weighted by atomic mass is 35.5. The summed E-state index contributed by atoms with van der Waals surface area (Å²) in [5, 5.41) is 6.58. The van der Waals surface area contributed by atoms with Gasteiger partial charge in [-0.15, -0.1) is 11.3 Å². The fourth-order valence-corrected chi connectivity index (χ4v) is 5.55. The van der Waals surface area contributed by atoms with Crippen molar-refractivity contribution in [2.24, 2.45) is 0 Å². The minimum Gasteiger partial charge on any atom is -0.343 e. The average molecular weight is 510 g/mol. The number of para-hydroxylation sites is 1. The molecule has 4 rings (SSSR count). The molecule has 1 N–H and O–H groups in total. The van der Waals surface area contributed by atoms with E-state index in [1.54, 1.807) is 0 Å². The Balaban J connectivity index is 1.30. The molecule has 2 aromatic carbocycles. The first-order chi connectivity index (χ1) is 16.7. The zero-order valence-corrected chi connectivity index (χ0v) is 22.1. The second kappa shape index (κ2) is 10.9. The lowest BCUT2D eigenvalue weighted by Gasteiger charge is -2.31. The highest BCUT2D eigenvalue weighted by Gasteiger charge is 2.26. The van der Waals surface area contributed by atoms with Gasteiger partial charge in [0.1, 0.15) is 5.69 Å². The molecule has 0 atom stereocenters. The van der Waals surface area contributed by atoms with Crippen molar-refractivity contribution in [2.45, 2.75) is 57.8 Å². The number of anilines is 1. The van der Waals surface area contributed by atoms with Crippen molar-refractivity contribution in [2.75, 3.05) is 18.4 Å². The third kappa shape index (κ3) is 6.50. The van der Waals surface area contributed by atoms with Crippen LogP contribution in [-0.4, -0.2) is 34.8 Å². The van der Waals surface area contributed by atoms with E-state index in [-0.39, 0.29) is 23.1 Å². The SMILES string of the molecule is CC(C)(C)c1ccccc1NC(=O)c1csc(C2CCN(C(=O)CCc3ccc(Cl)cc3)CC2)n1. The highest BCUT2D eigenvalue weighted by Crippen LogP contribution is 2.32. The maximum absolute atomic E-state index is 12.9. The number of hydrogen-bond donors (Lipinski definition) is 1. The van der Waals surface area contributed by atoms with Gasteiger partial charge in [0.25, 0.3) is 5.91 Å². The van der Waals surface area contributed by atoms with Crippen molar-refractivity contribution in [1.29, 1.82) is 0 Å². The molecule has 1 aliphatic rings. The van der Waals surface area contributed by atoms with Crippen LogP contribution in [-0.2, 0) is 16.6 Å². The summed E-state index contributed by atoms with van der Waals surface area (Å²) in [5.74, 6) is 0.290. The fraction of sp³-hybridized carbons (Fsp3) is 0.393. The number of nitrogens with one attached hydrogen (secondary N) is 1. The smallest absolute Gasteiger partial charge is 0.275 e. The molecule has 1 aromatic heterocycles. The van der Waals surface area contributed by atoms with Crippen molar-refractivity contribution < 1.29 is 9.59 Å². The molecule has 0 bridgehead atoms. The lowest BCUT2D eigenvalue weighted by atomic mass is 9.86. The third-order valence-electron chi connectivity index (χ3n) is 6.48. The first-order valence-corrected chi connectivity index (χ1v) is 13.3. The van der Waals surface area contributed by atoms with Crippen molar-refractivity contribution in [3.63, 3.8) is 0 Å². The number of nitrogens with zero attached hydrogens (tertiary/aromatic N) is 2. The number of piperidine rings is 1. The number of amides is 2. The molecule has 2 amide bonds. The summed E-state index contributed by atoms with van der Waals surface area (Å²) in [7, 11) is 0. The van der Waals surface area contributed by atoms with E-state index in [1.165, 1.54) is 11.3 Å². The van der Waals surface area contributed by atoms with Crippen LogP contribution in [0, 0.1) is 0 Å². The fourth-order valence-electron chi connectivity index (χ4n) is 4.45. The van der Waals surface area contributed by atoms with E-state index in [9.17, 15) is 9.59 Å². The van der Waals surface area contributed by atoms with Crippen molar-refractivity contribution >= 4 is 40.4 Å². The molecular weight excluding hydrogens is 478 g/mol. The van der Waals surface area contributed by atoms with Gasteiger partial charge in [0.2, 0.25) is 5.91 Å². The second-order valence-corrected chi connectivity index (χ2v) is 11.4. The Morgan fingerprint density at radius 1 is 1.09 bits per heavy atom. The lowest BCUT2D eigenvalue weighted by Crippen LogP contribution is -2.38. The monoisotopic (exact) mass is 509 g/mol. The summed E-state index contributed by atoms with van der Waals surface area (Å²) in [6.07, 6.45) is 2.96. The summed E-state index contributed by atoms with van der Waals surface area (Å²) in [4.78, 5) is 32.2. The summed E-state index contributed by atoms with van der Waals surface area (Å²) in [5.41, 5.74) is 3.42. The van der Waals surface area contributed by atoms with Gasteiger partial charge in [-0.3, -0.25) is 9.59 Å². The molecule has 184 valence electrons. The minimum absolute atomic E-state index is 0.0721. The number of rotatable bonds is 6. The van der Waals surface area contributed by atoms with Crippen LogP contribution in [0.2, 0.25) is 5.02 Å². The largest absolute Gasteiger partial charge is 0.343 e. The third-order valence-corrected chi connectivity index (χ3v) is 7.73. The molecule has 0 saturated carbocycles. The maximum Gasteiger partial charge on any atom is 0.275 e. The first kappa shape index (κ1) is 25.4.